The monoisotopic (exact) mass is 285 g/mol. The molecule has 1 atom stereocenters. The topological polar surface area (TPSA) is 39.6 Å². The Hall–Kier alpha value is -1.65. The van der Waals surface area contributed by atoms with Crippen molar-refractivity contribution in [3.05, 3.63) is 35.9 Å². The van der Waals surface area contributed by atoms with Crippen LogP contribution in [0.1, 0.15) is 18.9 Å². The fraction of sp³-hybridized carbons (Fsp3) is 0.471. The first-order valence-corrected chi connectivity index (χ1v) is 7.63. The molecule has 2 heterocycles. The van der Waals surface area contributed by atoms with E-state index < -0.39 is 0 Å². The van der Waals surface area contributed by atoms with Crippen LogP contribution in [0, 0.1) is 0 Å². The standard InChI is InChI=1S/C17H23N3O/c1-13-11-19(2)8-5-9-20(13)17-10-14(12-21)15-6-3-4-7-16(15)18-17/h3-4,6-7,10,13,21H,5,8-9,11-12H2,1-2H3. The van der Waals surface area contributed by atoms with E-state index in [1.807, 2.05) is 30.3 Å². The van der Waals surface area contributed by atoms with Gasteiger partial charge in [-0.15, -0.1) is 0 Å². The van der Waals surface area contributed by atoms with Gasteiger partial charge in [0.05, 0.1) is 12.1 Å². The van der Waals surface area contributed by atoms with Gasteiger partial charge < -0.3 is 14.9 Å². The number of aliphatic hydroxyl groups is 1. The first kappa shape index (κ1) is 14.3. The molecule has 0 amide bonds. The van der Waals surface area contributed by atoms with E-state index in [0.29, 0.717) is 6.04 Å². The highest BCUT2D eigenvalue weighted by Gasteiger charge is 2.21. The zero-order valence-electron chi connectivity index (χ0n) is 12.8. The largest absolute Gasteiger partial charge is 0.392 e. The Morgan fingerprint density at radius 2 is 2.10 bits per heavy atom. The van der Waals surface area contributed by atoms with Crippen molar-refractivity contribution in [3.63, 3.8) is 0 Å². The minimum Gasteiger partial charge on any atom is -0.392 e. The van der Waals surface area contributed by atoms with Crippen LogP contribution in [-0.2, 0) is 6.61 Å². The fourth-order valence-corrected chi connectivity index (χ4v) is 3.22. The quantitative estimate of drug-likeness (QED) is 0.919. The Morgan fingerprint density at radius 1 is 1.29 bits per heavy atom. The van der Waals surface area contributed by atoms with Crippen LogP contribution in [0.15, 0.2) is 30.3 Å². The van der Waals surface area contributed by atoms with Crippen LogP contribution in [-0.4, -0.2) is 47.7 Å². The van der Waals surface area contributed by atoms with Crippen molar-refractivity contribution in [2.45, 2.75) is 26.0 Å². The van der Waals surface area contributed by atoms with Crippen LogP contribution < -0.4 is 4.90 Å². The van der Waals surface area contributed by atoms with E-state index in [-0.39, 0.29) is 6.61 Å². The highest BCUT2D eigenvalue weighted by atomic mass is 16.3. The molecule has 1 aromatic carbocycles. The van der Waals surface area contributed by atoms with E-state index in [1.165, 1.54) is 0 Å². The van der Waals surface area contributed by atoms with Crippen LogP contribution in [0.2, 0.25) is 0 Å². The van der Waals surface area contributed by atoms with Gasteiger partial charge >= 0.3 is 0 Å². The molecule has 1 N–H and O–H groups in total. The summed E-state index contributed by atoms with van der Waals surface area (Å²) in [6.07, 6.45) is 1.14. The summed E-state index contributed by atoms with van der Waals surface area (Å²) in [4.78, 5) is 9.56. The van der Waals surface area contributed by atoms with Crippen molar-refractivity contribution in [1.82, 2.24) is 9.88 Å². The molecule has 1 aliphatic rings. The third-order valence-corrected chi connectivity index (χ3v) is 4.30. The molecule has 112 valence electrons. The second kappa shape index (κ2) is 6.00. The Morgan fingerprint density at radius 3 is 2.90 bits per heavy atom. The van der Waals surface area contributed by atoms with E-state index in [4.69, 9.17) is 4.98 Å². The average molecular weight is 285 g/mol. The maximum Gasteiger partial charge on any atom is 0.129 e. The molecule has 1 aromatic heterocycles. The number of nitrogens with zero attached hydrogens (tertiary/aromatic N) is 3. The maximum absolute atomic E-state index is 9.67. The summed E-state index contributed by atoms with van der Waals surface area (Å²) < 4.78 is 0. The van der Waals surface area contributed by atoms with Gasteiger partial charge in [0, 0.05) is 24.5 Å². The Balaban J connectivity index is 2.03. The second-order valence-electron chi connectivity index (χ2n) is 5.97. The number of rotatable bonds is 2. The summed E-state index contributed by atoms with van der Waals surface area (Å²) >= 11 is 0. The molecule has 1 fully saturated rings. The molecule has 0 spiro atoms. The number of benzene rings is 1. The van der Waals surface area contributed by atoms with Crippen LogP contribution in [0.4, 0.5) is 5.82 Å². The molecule has 0 radical (unpaired) electrons. The predicted octanol–water partition coefficient (Wildman–Crippen LogP) is 2.26. The predicted molar refractivity (Wildman–Crippen MR) is 86.6 cm³/mol. The normalized spacial score (nSPS) is 20.7. The zero-order valence-corrected chi connectivity index (χ0v) is 12.8. The molecule has 3 rings (SSSR count). The number of hydrogen-bond acceptors (Lipinski definition) is 4. The average Bonchev–Trinajstić information content (AvgIpc) is 2.66. The SMILES string of the molecule is CC1CN(C)CCCN1c1cc(CO)c2ccccc2n1. The first-order valence-electron chi connectivity index (χ1n) is 7.63. The van der Waals surface area contributed by atoms with E-state index in [0.717, 1.165) is 48.3 Å². The van der Waals surface area contributed by atoms with Crippen molar-refractivity contribution >= 4 is 16.7 Å². The number of aliphatic hydroxyl groups excluding tert-OH is 1. The van der Waals surface area contributed by atoms with Crippen LogP contribution in [0.3, 0.4) is 0 Å². The first-order chi connectivity index (χ1) is 10.2. The van der Waals surface area contributed by atoms with E-state index in [1.54, 1.807) is 0 Å². The smallest absolute Gasteiger partial charge is 0.129 e. The molecular weight excluding hydrogens is 262 g/mol. The van der Waals surface area contributed by atoms with E-state index in [2.05, 4.69) is 23.8 Å². The van der Waals surface area contributed by atoms with Crippen LogP contribution in [0.5, 0.6) is 0 Å². The van der Waals surface area contributed by atoms with Gasteiger partial charge in [0.15, 0.2) is 0 Å². The fourth-order valence-electron chi connectivity index (χ4n) is 3.22. The van der Waals surface area contributed by atoms with Crippen LogP contribution in [0.25, 0.3) is 10.9 Å². The summed E-state index contributed by atoms with van der Waals surface area (Å²) in [5.74, 6) is 0.987. The molecule has 1 aliphatic heterocycles. The number of aromatic nitrogens is 1. The van der Waals surface area contributed by atoms with Crippen molar-refractivity contribution in [2.75, 3.05) is 31.6 Å². The molecule has 2 aromatic rings. The Labute approximate surface area is 126 Å². The third kappa shape index (κ3) is 2.87. The lowest BCUT2D eigenvalue weighted by Crippen LogP contribution is -2.38. The molecule has 21 heavy (non-hydrogen) atoms. The highest BCUT2D eigenvalue weighted by Crippen LogP contribution is 2.25. The van der Waals surface area contributed by atoms with E-state index in [9.17, 15) is 5.11 Å². The van der Waals surface area contributed by atoms with Gasteiger partial charge in [-0.05, 0) is 44.6 Å². The number of para-hydroxylation sites is 1. The lowest BCUT2D eigenvalue weighted by Gasteiger charge is -2.29. The van der Waals surface area contributed by atoms with Gasteiger partial charge in [-0.2, -0.15) is 0 Å². The van der Waals surface area contributed by atoms with Gasteiger partial charge in [0.1, 0.15) is 5.82 Å². The lowest BCUT2D eigenvalue weighted by atomic mass is 10.1. The molecule has 4 heteroatoms. The molecule has 0 saturated carbocycles. The highest BCUT2D eigenvalue weighted by molar-refractivity contribution is 5.84. The van der Waals surface area contributed by atoms with Gasteiger partial charge in [0.25, 0.3) is 0 Å². The molecule has 0 bridgehead atoms. The van der Waals surface area contributed by atoms with Crippen molar-refractivity contribution < 1.29 is 5.11 Å². The Bertz CT molecular complexity index is 628. The Kier molecular flexibility index (Phi) is 4.08. The van der Waals surface area contributed by atoms with Gasteiger partial charge in [-0.3, -0.25) is 0 Å². The van der Waals surface area contributed by atoms with Gasteiger partial charge in [-0.25, -0.2) is 4.98 Å². The summed E-state index contributed by atoms with van der Waals surface area (Å²) in [6, 6.07) is 10.5. The molecule has 4 nitrogen and oxygen atoms in total. The summed E-state index contributed by atoms with van der Waals surface area (Å²) in [6.45, 7) is 5.49. The summed E-state index contributed by atoms with van der Waals surface area (Å²) in [7, 11) is 2.17. The van der Waals surface area contributed by atoms with E-state index >= 15 is 0 Å². The molecule has 1 saturated heterocycles. The lowest BCUT2D eigenvalue weighted by molar-refractivity contribution is 0.283. The van der Waals surface area contributed by atoms with Gasteiger partial charge in [0.2, 0.25) is 0 Å². The third-order valence-electron chi connectivity index (χ3n) is 4.30. The minimum absolute atomic E-state index is 0.0537. The number of pyridine rings is 1. The summed E-state index contributed by atoms with van der Waals surface area (Å²) in [5.41, 5.74) is 1.92. The number of likely N-dealkylation sites (N-methyl/N-ethyl adjacent to an activating group) is 1. The zero-order chi connectivity index (χ0) is 14.8. The van der Waals surface area contributed by atoms with Crippen molar-refractivity contribution in [3.8, 4) is 0 Å². The number of hydrogen-bond donors (Lipinski definition) is 1. The number of fused-ring (bicyclic) bond motifs is 1. The molecule has 0 aliphatic carbocycles. The maximum atomic E-state index is 9.67. The van der Waals surface area contributed by atoms with Gasteiger partial charge in [-0.1, -0.05) is 18.2 Å². The second-order valence-corrected chi connectivity index (χ2v) is 5.97. The number of anilines is 1. The minimum atomic E-state index is 0.0537. The van der Waals surface area contributed by atoms with Crippen molar-refractivity contribution in [2.24, 2.45) is 0 Å². The van der Waals surface area contributed by atoms with Crippen LogP contribution >= 0.6 is 0 Å². The summed E-state index contributed by atoms with van der Waals surface area (Å²) in [5, 5.41) is 10.7. The molecule has 1 unspecified atom stereocenters. The molecular formula is C17H23N3O. The van der Waals surface area contributed by atoms with Crippen molar-refractivity contribution in [1.29, 1.82) is 0 Å².